The van der Waals surface area contributed by atoms with Crippen molar-refractivity contribution < 1.29 is 4.42 Å². The highest BCUT2D eigenvalue weighted by atomic mass is 35.5. The molecule has 3 rings (SSSR count). The van der Waals surface area contributed by atoms with E-state index >= 15 is 0 Å². The van der Waals surface area contributed by atoms with Crippen LogP contribution in [0.1, 0.15) is 0 Å². The van der Waals surface area contributed by atoms with Crippen LogP contribution >= 0.6 is 11.6 Å². The van der Waals surface area contributed by atoms with E-state index < -0.39 is 0 Å². The molecule has 2 aromatic carbocycles. The lowest BCUT2D eigenvalue weighted by molar-refractivity contribution is 0.616. The van der Waals surface area contributed by atoms with Crippen molar-refractivity contribution in [2.75, 3.05) is 0 Å². The van der Waals surface area contributed by atoms with Gasteiger partial charge in [0.15, 0.2) is 0 Å². The Labute approximate surface area is 98.3 Å². The molecular weight excluding hydrogens is 220 g/mol. The van der Waals surface area contributed by atoms with Crippen LogP contribution in [0.4, 0.5) is 0 Å². The summed E-state index contributed by atoms with van der Waals surface area (Å²) < 4.78 is 5.38. The summed E-state index contributed by atoms with van der Waals surface area (Å²) in [7, 11) is 0. The first kappa shape index (κ1) is 9.49. The summed E-state index contributed by atoms with van der Waals surface area (Å²) in [6, 6.07) is 15.8. The fourth-order valence-electron chi connectivity index (χ4n) is 1.91. The van der Waals surface area contributed by atoms with E-state index in [1.807, 2.05) is 42.5 Å². The van der Waals surface area contributed by atoms with E-state index in [4.69, 9.17) is 16.0 Å². The van der Waals surface area contributed by atoms with Crippen LogP contribution in [0, 0.1) is 0 Å². The van der Waals surface area contributed by atoms with Gasteiger partial charge in [-0.25, -0.2) is 0 Å². The maximum Gasteiger partial charge on any atom is 0.134 e. The van der Waals surface area contributed by atoms with E-state index in [0.717, 1.165) is 27.1 Å². The van der Waals surface area contributed by atoms with Gasteiger partial charge in [0.25, 0.3) is 0 Å². The Morgan fingerprint density at radius 3 is 2.50 bits per heavy atom. The van der Waals surface area contributed by atoms with E-state index in [-0.39, 0.29) is 0 Å². The number of hydrogen-bond donors (Lipinski definition) is 0. The zero-order chi connectivity index (χ0) is 11.0. The standard InChI is InChI=1S/C14H9ClO/c15-13-6-2-1-4-11(13)10-5-3-7-14-12(10)8-9-16-14/h1-9H. The third-order valence-corrected chi connectivity index (χ3v) is 2.99. The molecule has 0 aliphatic rings. The molecule has 0 saturated carbocycles. The molecule has 0 aliphatic carbocycles. The van der Waals surface area contributed by atoms with Gasteiger partial charge in [0.2, 0.25) is 0 Å². The SMILES string of the molecule is Clc1ccccc1-c1cccc2occc12. The normalized spacial score (nSPS) is 10.8. The van der Waals surface area contributed by atoms with Crippen LogP contribution in [-0.4, -0.2) is 0 Å². The minimum absolute atomic E-state index is 0.760. The number of benzene rings is 2. The average molecular weight is 229 g/mol. The molecule has 0 radical (unpaired) electrons. The Balaban J connectivity index is 2.34. The fraction of sp³-hybridized carbons (Fsp3) is 0. The van der Waals surface area contributed by atoms with Gasteiger partial charge in [0, 0.05) is 16.0 Å². The van der Waals surface area contributed by atoms with Gasteiger partial charge in [-0.1, -0.05) is 41.9 Å². The molecule has 0 saturated heterocycles. The smallest absolute Gasteiger partial charge is 0.134 e. The van der Waals surface area contributed by atoms with Gasteiger partial charge < -0.3 is 4.42 Å². The Hall–Kier alpha value is -1.73. The molecule has 2 heteroatoms. The number of fused-ring (bicyclic) bond motifs is 1. The second kappa shape index (κ2) is 3.69. The first-order valence-electron chi connectivity index (χ1n) is 5.07. The number of halogens is 1. The highest BCUT2D eigenvalue weighted by Crippen LogP contribution is 2.33. The Bertz CT molecular complexity index is 640. The largest absolute Gasteiger partial charge is 0.464 e. The van der Waals surface area contributed by atoms with Gasteiger partial charge in [-0.2, -0.15) is 0 Å². The summed E-state index contributed by atoms with van der Waals surface area (Å²) in [4.78, 5) is 0. The van der Waals surface area contributed by atoms with Crippen LogP contribution < -0.4 is 0 Å². The van der Waals surface area contributed by atoms with E-state index in [2.05, 4.69) is 6.07 Å². The van der Waals surface area contributed by atoms with Gasteiger partial charge in [0.1, 0.15) is 5.58 Å². The number of furan rings is 1. The molecular formula is C14H9ClO. The molecule has 0 atom stereocenters. The quantitative estimate of drug-likeness (QED) is 0.586. The van der Waals surface area contributed by atoms with Gasteiger partial charge in [-0.05, 0) is 23.8 Å². The molecule has 1 heterocycles. The predicted octanol–water partition coefficient (Wildman–Crippen LogP) is 4.75. The second-order valence-electron chi connectivity index (χ2n) is 3.62. The summed E-state index contributed by atoms with van der Waals surface area (Å²) in [5.74, 6) is 0. The molecule has 0 aliphatic heterocycles. The van der Waals surface area contributed by atoms with E-state index in [0.29, 0.717) is 0 Å². The molecule has 1 aromatic heterocycles. The Kier molecular flexibility index (Phi) is 2.19. The van der Waals surface area contributed by atoms with E-state index in [9.17, 15) is 0 Å². The molecule has 0 unspecified atom stereocenters. The molecule has 1 nitrogen and oxygen atoms in total. The fourth-order valence-corrected chi connectivity index (χ4v) is 2.15. The lowest BCUT2D eigenvalue weighted by atomic mass is 10.0. The van der Waals surface area contributed by atoms with Crippen molar-refractivity contribution in [3.8, 4) is 11.1 Å². The third kappa shape index (κ3) is 1.41. The van der Waals surface area contributed by atoms with Crippen LogP contribution in [0.5, 0.6) is 0 Å². The predicted molar refractivity (Wildman–Crippen MR) is 66.7 cm³/mol. The minimum Gasteiger partial charge on any atom is -0.464 e. The van der Waals surface area contributed by atoms with Crippen LogP contribution in [-0.2, 0) is 0 Å². The maximum absolute atomic E-state index is 6.20. The highest BCUT2D eigenvalue weighted by molar-refractivity contribution is 6.33. The zero-order valence-electron chi connectivity index (χ0n) is 8.48. The van der Waals surface area contributed by atoms with Crippen molar-refractivity contribution in [1.29, 1.82) is 0 Å². The lowest BCUT2D eigenvalue weighted by Gasteiger charge is -2.04. The van der Waals surface area contributed by atoms with Crippen LogP contribution in [0.15, 0.2) is 59.2 Å². The molecule has 0 N–H and O–H groups in total. The topological polar surface area (TPSA) is 13.1 Å². The number of rotatable bonds is 1. The summed E-state index contributed by atoms with van der Waals surface area (Å²) in [5, 5.41) is 1.85. The lowest BCUT2D eigenvalue weighted by Crippen LogP contribution is -1.79. The first-order chi connectivity index (χ1) is 7.86. The second-order valence-corrected chi connectivity index (χ2v) is 4.03. The van der Waals surface area contributed by atoms with E-state index in [1.165, 1.54) is 0 Å². The van der Waals surface area contributed by atoms with Crippen molar-refractivity contribution >= 4 is 22.6 Å². The summed E-state index contributed by atoms with van der Waals surface area (Å²) >= 11 is 6.20. The highest BCUT2D eigenvalue weighted by Gasteiger charge is 2.07. The van der Waals surface area contributed by atoms with Crippen molar-refractivity contribution in [2.45, 2.75) is 0 Å². The summed E-state index contributed by atoms with van der Waals surface area (Å²) in [6.45, 7) is 0. The monoisotopic (exact) mass is 228 g/mol. The van der Waals surface area contributed by atoms with Gasteiger partial charge >= 0.3 is 0 Å². The van der Waals surface area contributed by atoms with Gasteiger partial charge in [-0.15, -0.1) is 0 Å². The molecule has 78 valence electrons. The first-order valence-corrected chi connectivity index (χ1v) is 5.45. The zero-order valence-corrected chi connectivity index (χ0v) is 9.24. The minimum atomic E-state index is 0.760. The molecule has 0 fully saturated rings. The van der Waals surface area contributed by atoms with Crippen molar-refractivity contribution in [3.05, 3.63) is 59.8 Å². The van der Waals surface area contributed by atoms with Crippen molar-refractivity contribution in [2.24, 2.45) is 0 Å². The van der Waals surface area contributed by atoms with Gasteiger partial charge in [0.05, 0.1) is 6.26 Å². The molecule has 16 heavy (non-hydrogen) atoms. The Morgan fingerprint density at radius 1 is 0.812 bits per heavy atom. The molecule has 0 amide bonds. The molecule has 0 bridgehead atoms. The third-order valence-electron chi connectivity index (χ3n) is 2.66. The van der Waals surface area contributed by atoms with Crippen LogP contribution in [0.2, 0.25) is 5.02 Å². The van der Waals surface area contributed by atoms with Gasteiger partial charge in [-0.3, -0.25) is 0 Å². The van der Waals surface area contributed by atoms with E-state index in [1.54, 1.807) is 6.26 Å². The Morgan fingerprint density at radius 2 is 1.62 bits per heavy atom. The molecule has 3 aromatic rings. The summed E-state index contributed by atoms with van der Waals surface area (Å²) in [6.07, 6.45) is 1.70. The summed E-state index contributed by atoms with van der Waals surface area (Å²) in [5.41, 5.74) is 3.03. The number of hydrogen-bond acceptors (Lipinski definition) is 1. The van der Waals surface area contributed by atoms with Crippen LogP contribution in [0.3, 0.4) is 0 Å². The van der Waals surface area contributed by atoms with Crippen LogP contribution in [0.25, 0.3) is 22.1 Å². The maximum atomic E-state index is 6.20. The molecule has 0 spiro atoms. The van der Waals surface area contributed by atoms with Crippen molar-refractivity contribution in [3.63, 3.8) is 0 Å². The van der Waals surface area contributed by atoms with Crippen molar-refractivity contribution in [1.82, 2.24) is 0 Å². The average Bonchev–Trinajstić information content (AvgIpc) is 2.77.